The van der Waals surface area contributed by atoms with Gasteiger partial charge in [-0.2, -0.15) is 0 Å². The lowest BCUT2D eigenvalue weighted by molar-refractivity contribution is 0.0915. The molecule has 2 amide bonds. The number of imidazole rings is 1. The number of carbonyl (C=O) groups is 2. The van der Waals surface area contributed by atoms with Crippen molar-refractivity contribution >= 4 is 12.0 Å². The van der Waals surface area contributed by atoms with Crippen molar-refractivity contribution in [3.8, 4) is 0 Å². The van der Waals surface area contributed by atoms with E-state index in [0.29, 0.717) is 31.4 Å². The van der Waals surface area contributed by atoms with Crippen molar-refractivity contribution in [1.82, 2.24) is 20.2 Å². The molecule has 0 unspecified atom stereocenters. The van der Waals surface area contributed by atoms with E-state index in [1.165, 1.54) is 0 Å². The zero-order valence-electron chi connectivity index (χ0n) is 15.4. The quantitative estimate of drug-likeness (QED) is 0.714. The third kappa shape index (κ3) is 6.27. The van der Waals surface area contributed by atoms with Crippen LogP contribution >= 0.6 is 0 Å². The maximum Gasteiger partial charge on any atom is 0.407 e. The van der Waals surface area contributed by atoms with Crippen LogP contribution in [0, 0.1) is 5.92 Å². The van der Waals surface area contributed by atoms with Gasteiger partial charge in [-0.3, -0.25) is 4.79 Å². The molecule has 0 saturated heterocycles. The van der Waals surface area contributed by atoms with Crippen molar-refractivity contribution in [2.24, 2.45) is 5.92 Å². The van der Waals surface area contributed by atoms with E-state index in [0.717, 1.165) is 6.42 Å². The molecule has 8 heteroatoms. The lowest BCUT2D eigenvalue weighted by Gasteiger charge is -2.20. The van der Waals surface area contributed by atoms with E-state index >= 15 is 0 Å². The van der Waals surface area contributed by atoms with E-state index in [4.69, 9.17) is 9.15 Å². The minimum atomic E-state index is -0.479. The third-order valence-corrected chi connectivity index (χ3v) is 3.65. The molecule has 0 aliphatic carbocycles. The number of nitrogens with one attached hydrogen (secondary N) is 2. The molecule has 0 spiro atoms. The summed E-state index contributed by atoms with van der Waals surface area (Å²) in [5, 5.41) is 5.58. The number of aromatic nitrogens is 2. The topological polar surface area (TPSA) is 98.4 Å². The Hall–Kier alpha value is -2.77. The van der Waals surface area contributed by atoms with Gasteiger partial charge in [0.1, 0.15) is 5.76 Å². The van der Waals surface area contributed by atoms with E-state index in [-0.39, 0.29) is 17.7 Å². The highest BCUT2D eigenvalue weighted by Crippen LogP contribution is 2.10. The Balaban J connectivity index is 1.88. The summed E-state index contributed by atoms with van der Waals surface area (Å²) in [7, 11) is 0. The number of alkyl carbamates (subject to hydrolysis) is 1. The predicted octanol–water partition coefficient (Wildman–Crippen LogP) is 2.41. The van der Waals surface area contributed by atoms with Gasteiger partial charge in [-0.25, -0.2) is 9.78 Å². The maximum atomic E-state index is 12.3. The minimum absolute atomic E-state index is 0.210. The van der Waals surface area contributed by atoms with Crippen LogP contribution in [0.15, 0.2) is 35.3 Å². The first kappa shape index (κ1) is 19.6. The molecular weight excluding hydrogens is 336 g/mol. The fourth-order valence-corrected chi connectivity index (χ4v) is 2.55. The van der Waals surface area contributed by atoms with Crippen LogP contribution in [0.4, 0.5) is 4.79 Å². The Morgan fingerprint density at radius 2 is 2.15 bits per heavy atom. The molecule has 1 atom stereocenters. The Bertz CT molecular complexity index is 694. The van der Waals surface area contributed by atoms with Gasteiger partial charge in [0.15, 0.2) is 5.76 Å². The van der Waals surface area contributed by atoms with E-state index in [1.807, 2.05) is 10.8 Å². The highest BCUT2D eigenvalue weighted by Gasteiger charge is 2.18. The molecule has 2 N–H and O–H groups in total. The lowest BCUT2D eigenvalue weighted by atomic mass is 10.0. The second-order valence-electron chi connectivity index (χ2n) is 6.40. The second kappa shape index (κ2) is 9.65. The van der Waals surface area contributed by atoms with Crippen molar-refractivity contribution < 1.29 is 18.7 Å². The minimum Gasteiger partial charge on any atom is -0.454 e. The molecule has 2 heterocycles. The van der Waals surface area contributed by atoms with Gasteiger partial charge in [0.25, 0.3) is 5.91 Å². The van der Waals surface area contributed by atoms with E-state index < -0.39 is 6.09 Å². The van der Waals surface area contributed by atoms with Gasteiger partial charge in [0.2, 0.25) is 0 Å². The first-order valence-corrected chi connectivity index (χ1v) is 8.73. The average molecular weight is 362 g/mol. The molecule has 0 bridgehead atoms. The van der Waals surface area contributed by atoms with Gasteiger partial charge in [-0.15, -0.1) is 0 Å². The highest BCUT2D eigenvalue weighted by atomic mass is 16.5. The van der Waals surface area contributed by atoms with Crippen molar-refractivity contribution in [2.75, 3.05) is 13.2 Å². The summed E-state index contributed by atoms with van der Waals surface area (Å²) in [6, 6.07) is 3.19. The molecule has 2 aromatic heterocycles. The monoisotopic (exact) mass is 362 g/mol. The van der Waals surface area contributed by atoms with E-state index in [9.17, 15) is 9.59 Å². The summed E-state index contributed by atoms with van der Waals surface area (Å²) < 4.78 is 12.3. The fraction of sp³-hybridized carbons (Fsp3) is 0.500. The van der Waals surface area contributed by atoms with E-state index in [2.05, 4.69) is 29.5 Å². The molecule has 0 fully saturated rings. The van der Waals surface area contributed by atoms with Crippen LogP contribution in [0.1, 0.15) is 43.5 Å². The Kier molecular flexibility index (Phi) is 7.25. The van der Waals surface area contributed by atoms with Crippen LogP contribution in [0.5, 0.6) is 0 Å². The van der Waals surface area contributed by atoms with Crippen LogP contribution in [0.2, 0.25) is 0 Å². The molecular formula is C18H26N4O4. The fourth-order valence-electron chi connectivity index (χ4n) is 2.55. The van der Waals surface area contributed by atoms with Crippen LogP contribution < -0.4 is 10.6 Å². The molecule has 2 rings (SSSR count). The molecule has 0 saturated carbocycles. The van der Waals surface area contributed by atoms with Gasteiger partial charge in [0, 0.05) is 25.0 Å². The molecule has 2 aromatic rings. The number of ether oxygens (including phenoxy) is 1. The van der Waals surface area contributed by atoms with Gasteiger partial charge in [0.05, 0.1) is 19.5 Å². The molecule has 0 aliphatic heterocycles. The van der Waals surface area contributed by atoms with Crippen molar-refractivity contribution in [1.29, 1.82) is 0 Å². The summed E-state index contributed by atoms with van der Waals surface area (Å²) in [6.45, 7) is 6.96. The average Bonchev–Trinajstić information content (AvgIpc) is 3.24. The number of nitrogens with zero attached hydrogens (tertiary/aromatic N) is 2. The molecule has 0 aliphatic rings. The molecule has 8 nitrogen and oxygen atoms in total. The summed E-state index contributed by atoms with van der Waals surface area (Å²) in [5.74, 6) is 0.946. The number of carbonyl (C=O) groups excluding carboxylic acids is 2. The summed E-state index contributed by atoms with van der Waals surface area (Å²) in [6.07, 6.45) is 5.43. The second-order valence-corrected chi connectivity index (χ2v) is 6.40. The van der Waals surface area contributed by atoms with Gasteiger partial charge in [-0.05, 0) is 31.4 Å². The SMILES string of the molecule is CCOC(=O)N[C@@H](CNC(=O)c1ccc(Cn2ccnc2)o1)CC(C)C. The first-order valence-electron chi connectivity index (χ1n) is 8.73. The Labute approximate surface area is 152 Å². The number of amides is 2. The van der Waals surface area contributed by atoms with Crippen molar-refractivity contribution in [3.63, 3.8) is 0 Å². The van der Waals surface area contributed by atoms with Crippen LogP contribution in [-0.2, 0) is 11.3 Å². The Morgan fingerprint density at radius 1 is 1.35 bits per heavy atom. The zero-order chi connectivity index (χ0) is 18.9. The largest absolute Gasteiger partial charge is 0.454 e. The normalized spacial score (nSPS) is 12.0. The van der Waals surface area contributed by atoms with Gasteiger partial charge < -0.3 is 24.4 Å². The zero-order valence-corrected chi connectivity index (χ0v) is 15.4. The highest BCUT2D eigenvalue weighted by molar-refractivity contribution is 5.91. The maximum absolute atomic E-state index is 12.3. The summed E-state index contributed by atoms with van der Waals surface area (Å²) in [4.78, 5) is 27.9. The van der Waals surface area contributed by atoms with Gasteiger partial charge in [-0.1, -0.05) is 13.8 Å². The molecule has 142 valence electrons. The lowest BCUT2D eigenvalue weighted by Crippen LogP contribution is -2.44. The number of rotatable bonds is 9. The van der Waals surface area contributed by atoms with Crippen LogP contribution in [0.3, 0.4) is 0 Å². The number of furan rings is 1. The third-order valence-electron chi connectivity index (χ3n) is 3.65. The first-order chi connectivity index (χ1) is 12.5. The molecule has 26 heavy (non-hydrogen) atoms. The number of hydrogen-bond acceptors (Lipinski definition) is 5. The Morgan fingerprint density at radius 3 is 2.81 bits per heavy atom. The predicted molar refractivity (Wildman–Crippen MR) is 95.8 cm³/mol. The standard InChI is InChI=1S/C18H26N4O4/c1-4-25-18(24)21-14(9-13(2)3)10-20-17(23)16-6-5-15(26-16)11-22-8-7-19-12-22/h5-8,12-14H,4,9-11H2,1-3H3,(H,20,23)(H,21,24)/t14-/m1/s1. The van der Waals surface area contributed by atoms with Crippen molar-refractivity contribution in [3.05, 3.63) is 42.4 Å². The summed E-state index contributed by atoms with van der Waals surface area (Å²) >= 11 is 0. The smallest absolute Gasteiger partial charge is 0.407 e. The van der Waals surface area contributed by atoms with E-state index in [1.54, 1.807) is 31.6 Å². The van der Waals surface area contributed by atoms with Crippen LogP contribution in [-0.4, -0.2) is 40.7 Å². The molecule has 0 radical (unpaired) electrons. The molecule has 0 aromatic carbocycles. The van der Waals surface area contributed by atoms with Gasteiger partial charge >= 0.3 is 6.09 Å². The van der Waals surface area contributed by atoms with Crippen LogP contribution in [0.25, 0.3) is 0 Å². The number of hydrogen-bond donors (Lipinski definition) is 2. The van der Waals surface area contributed by atoms with Crippen molar-refractivity contribution in [2.45, 2.75) is 39.8 Å². The summed E-state index contributed by atoms with van der Waals surface area (Å²) in [5.41, 5.74) is 0.